The standard InChI is InChI=1S/C21H26ClNOS/c1-16(2)19-8-3-17(4-9-19)7-12-21(24)23-13-14-25-15-18-5-10-20(22)11-6-18/h3-6,8-11,16H,7,12-15H2,1-2H3,(H,23,24). The van der Waals surface area contributed by atoms with Gasteiger partial charge in [-0.15, -0.1) is 0 Å². The zero-order valence-corrected chi connectivity index (χ0v) is 16.5. The maximum atomic E-state index is 11.9. The Bertz CT molecular complexity index is 653. The molecule has 0 bridgehead atoms. The summed E-state index contributed by atoms with van der Waals surface area (Å²) in [7, 11) is 0. The van der Waals surface area contributed by atoms with E-state index in [9.17, 15) is 4.79 Å². The summed E-state index contributed by atoms with van der Waals surface area (Å²) in [6.45, 7) is 5.09. The highest BCUT2D eigenvalue weighted by Gasteiger charge is 2.03. The molecule has 0 fully saturated rings. The molecule has 0 atom stereocenters. The number of halogens is 1. The van der Waals surface area contributed by atoms with Crippen LogP contribution in [0.5, 0.6) is 0 Å². The van der Waals surface area contributed by atoms with E-state index in [4.69, 9.17) is 11.6 Å². The van der Waals surface area contributed by atoms with Crippen LogP contribution in [-0.4, -0.2) is 18.2 Å². The molecule has 0 aliphatic rings. The molecule has 0 unspecified atom stereocenters. The molecule has 0 aliphatic carbocycles. The van der Waals surface area contributed by atoms with Gasteiger partial charge in [0.25, 0.3) is 0 Å². The number of hydrogen-bond donors (Lipinski definition) is 1. The topological polar surface area (TPSA) is 29.1 Å². The first kappa shape index (κ1) is 19.9. The number of hydrogen-bond acceptors (Lipinski definition) is 2. The van der Waals surface area contributed by atoms with Crippen molar-refractivity contribution in [1.29, 1.82) is 0 Å². The maximum absolute atomic E-state index is 11.9. The average molecular weight is 376 g/mol. The lowest BCUT2D eigenvalue weighted by Gasteiger charge is -2.08. The number of amides is 1. The third-order valence-electron chi connectivity index (χ3n) is 4.04. The first-order valence-electron chi connectivity index (χ1n) is 8.72. The van der Waals surface area contributed by atoms with Crippen molar-refractivity contribution in [2.75, 3.05) is 12.3 Å². The van der Waals surface area contributed by atoms with Crippen molar-refractivity contribution >= 4 is 29.3 Å². The van der Waals surface area contributed by atoms with Crippen LogP contribution in [0.3, 0.4) is 0 Å². The maximum Gasteiger partial charge on any atom is 0.220 e. The fourth-order valence-electron chi connectivity index (χ4n) is 2.45. The van der Waals surface area contributed by atoms with Crippen LogP contribution in [0.4, 0.5) is 0 Å². The molecule has 0 saturated carbocycles. The second-order valence-corrected chi connectivity index (χ2v) is 7.97. The van der Waals surface area contributed by atoms with E-state index in [1.165, 1.54) is 16.7 Å². The van der Waals surface area contributed by atoms with Crippen LogP contribution in [0.1, 0.15) is 42.9 Å². The Hall–Kier alpha value is -1.45. The molecule has 2 rings (SSSR count). The quantitative estimate of drug-likeness (QED) is 0.591. The summed E-state index contributed by atoms with van der Waals surface area (Å²) < 4.78 is 0. The zero-order valence-electron chi connectivity index (χ0n) is 14.9. The van der Waals surface area contributed by atoms with Crippen LogP contribution in [0.2, 0.25) is 5.02 Å². The lowest BCUT2D eigenvalue weighted by Crippen LogP contribution is -2.25. The highest BCUT2D eigenvalue weighted by atomic mass is 35.5. The third kappa shape index (κ3) is 7.54. The number of aryl methyl sites for hydroxylation is 1. The minimum atomic E-state index is 0.125. The van der Waals surface area contributed by atoms with E-state index in [0.29, 0.717) is 18.9 Å². The molecule has 0 saturated heterocycles. The number of benzene rings is 2. The minimum absolute atomic E-state index is 0.125. The van der Waals surface area contributed by atoms with Crippen molar-refractivity contribution < 1.29 is 4.79 Å². The smallest absolute Gasteiger partial charge is 0.220 e. The number of rotatable bonds is 9. The molecule has 134 valence electrons. The number of carbonyl (C=O) groups excluding carboxylic acids is 1. The van der Waals surface area contributed by atoms with Gasteiger partial charge in [0.05, 0.1) is 0 Å². The van der Waals surface area contributed by atoms with Gasteiger partial charge in [-0.2, -0.15) is 11.8 Å². The van der Waals surface area contributed by atoms with E-state index in [-0.39, 0.29) is 5.91 Å². The summed E-state index contributed by atoms with van der Waals surface area (Å²) in [6, 6.07) is 16.5. The van der Waals surface area contributed by atoms with Crippen LogP contribution in [0.25, 0.3) is 0 Å². The molecule has 1 amide bonds. The van der Waals surface area contributed by atoms with E-state index < -0.39 is 0 Å². The number of thioether (sulfide) groups is 1. The molecule has 0 radical (unpaired) electrons. The molecule has 4 heteroatoms. The van der Waals surface area contributed by atoms with Crippen molar-refractivity contribution in [1.82, 2.24) is 5.32 Å². The Morgan fingerprint density at radius 3 is 2.32 bits per heavy atom. The SMILES string of the molecule is CC(C)c1ccc(CCC(=O)NCCSCc2ccc(Cl)cc2)cc1. The molecule has 0 heterocycles. The zero-order chi connectivity index (χ0) is 18.1. The summed E-state index contributed by atoms with van der Waals surface area (Å²) in [6.07, 6.45) is 1.34. The first-order chi connectivity index (χ1) is 12.0. The molecule has 2 aromatic carbocycles. The molecule has 25 heavy (non-hydrogen) atoms. The van der Waals surface area contributed by atoms with Gasteiger partial charge in [0.1, 0.15) is 0 Å². The summed E-state index contributed by atoms with van der Waals surface area (Å²) >= 11 is 7.69. The Balaban J connectivity index is 1.58. The summed E-state index contributed by atoms with van der Waals surface area (Å²) in [5.41, 5.74) is 3.81. The van der Waals surface area contributed by atoms with Crippen LogP contribution in [0, 0.1) is 0 Å². The molecule has 2 aromatic rings. The molecular formula is C21H26ClNOS. The van der Waals surface area contributed by atoms with Crippen molar-refractivity contribution in [3.63, 3.8) is 0 Å². The van der Waals surface area contributed by atoms with E-state index in [1.54, 1.807) is 0 Å². The highest BCUT2D eigenvalue weighted by Crippen LogP contribution is 2.16. The third-order valence-corrected chi connectivity index (χ3v) is 5.32. The largest absolute Gasteiger partial charge is 0.355 e. The minimum Gasteiger partial charge on any atom is -0.355 e. The summed E-state index contributed by atoms with van der Waals surface area (Å²) in [4.78, 5) is 11.9. The molecule has 0 aromatic heterocycles. The van der Waals surface area contributed by atoms with Gasteiger partial charge in [-0.05, 0) is 41.2 Å². The van der Waals surface area contributed by atoms with Crippen LogP contribution in [-0.2, 0) is 17.0 Å². The monoisotopic (exact) mass is 375 g/mol. The predicted molar refractivity (Wildman–Crippen MR) is 109 cm³/mol. The van der Waals surface area contributed by atoms with Gasteiger partial charge in [-0.3, -0.25) is 4.79 Å². The van der Waals surface area contributed by atoms with Gasteiger partial charge in [0.15, 0.2) is 0 Å². The molecular weight excluding hydrogens is 350 g/mol. The van der Waals surface area contributed by atoms with Crippen molar-refractivity contribution in [2.24, 2.45) is 0 Å². The number of carbonyl (C=O) groups is 1. The predicted octanol–water partition coefficient (Wildman–Crippen LogP) is 5.45. The van der Waals surface area contributed by atoms with Gasteiger partial charge in [0.2, 0.25) is 5.91 Å². The molecule has 1 N–H and O–H groups in total. The van der Waals surface area contributed by atoms with Crippen LogP contribution >= 0.6 is 23.4 Å². The van der Waals surface area contributed by atoms with E-state index in [0.717, 1.165) is 22.9 Å². The normalized spacial score (nSPS) is 10.9. The van der Waals surface area contributed by atoms with Crippen molar-refractivity contribution in [3.05, 3.63) is 70.2 Å². The summed E-state index contributed by atoms with van der Waals surface area (Å²) in [5, 5.41) is 3.76. The lowest BCUT2D eigenvalue weighted by molar-refractivity contribution is -0.120. The lowest BCUT2D eigenvalue weighted by atomic mass is 10.0. The number of nitrogens with one attached hydrogen (secondary N) is 1. The molecule has 2 nitrogen and oxygen atoms in total. The highest BCUT2D eigenvalue weighted by molar-refractivity contribution is 7.98. The summed E-state index contributed by atoms with van der Waals surface area (Å²) in [5.74, 6) is 2.52. The van der Waals surface area contributed by atoms with Gasteiger partial charge in [0, 0.05) is 29.5 Å². The van der Waals surface area contributed by atoms with Crippen molar-refractivity contribution in [2.45, 2.75) is 38.4 Å². The van der Waals surface area contributed by atoms with E-state index in [1.807, 2.05) is 36.0 Å². The van der Waals surface area contributed by atoms with Gasteiger partial charge >= 0.3 is 0 Å². The van der Waals surface area contributed by atoms with Crippen LogP contribution < -0.4 is 5.32 Å². The Morgan fingerprint density at radius 2 is 1.68 bits per heavy atom. The Kier molecular flexibility index (Phi) is 8.36. The van der Waals surface area contributed by atoms with E-state index in [2.05, 4.69) is 43.4 Å². The molecule has 0 aliphatic heterocycles. The Morgan fingerprint density at radius 1 is 1.04 bits per heavy atom. The molecule has 0 spiro atoms. The Labute approximate surface area is 160 Å². The van der Waals surface area contributed by atoms with Gasteiger partial charge < -0.3 is 5.32 Å². The van der Waals surface area contributed by atoms with E-state index >= 15 is 0 Å². The van der Waals surface area contributed by atoms with Crippen LogP contribution in [0.15, 0.2) is 48.5 Å². The second-order valence-electron chi connectivity index (χ2n) is 6.43. The second kappa shape index (κ2) is 10.5. The fraction of sp³-hybridized carbons (Fsp3) is 0.381. The first-order valence-corrected chi connectivity index (χ1v) is 10.3. The van der Waals surface area contributed by atoms with Gasteiger partial charge in [-0.1, -0.05) is 61.8 Å². The fourth-order valence-corrected chi connectivity index (χ4v) is 3.39. The average Bonchev–Trinajstić information content (AvgIpc) is 2.61. The van der Waals surface area contributed by atoms with Crippen molar-refractivity contribution in [3.8, 4) is 0 Å². The van der Waals surface area contributed by atoms with Gasteiger partial charge in [-0.25, -0.2) is 0 Å².